The molecule has 1 heterocycles. The van der Waals surface area contributed by atoms with Gasteiger partial charge in [-0.3, -0.25) is 0 Å². The summed E-state index contributed by atoms with van der Waals surface area (Å²) in [6.07, 6.45) is 1.12. The number of nitrogens with one attached hydrogen (secondary N) is 1. The Balaban J connectivity index is 2.00. The van der Waals surface area contributed by atoms with Crippen molar-refractivity contribution in [1.82, 2.24) is 10.3 Å². The zero-order valence-corrected chi connectivity index (χ0v) is 11.8. The van der Waals surface area contributed by atoms with Crippen LogP contribution in [0.2, 0.25) is 0 Å². The van der Waals surface area contributed by atoms with Crippen molar-refractivity contribution >= 4 is 5.97 Å². The van der Waals surface area contributed by atoms with Gasteiger partial charge in [0, 0.05) is 24.7 Å². The number of ether oxygens (including phenoxy) is 2. The summed E-state index contributed by atoms with van der Waals surface area (Å²) in [5.41, 5.74) is 1.29. The maximum absolute atomic E-state index is 10.9. The molecule has 1 aromatic carbocycles. The molecule has 2 N–H and O–H groups in total. The van der Waals surface area contributed by atoms with E-state index in [9.17, 15) is 4.79 Å². The SMILES string of the molecule is COc1ccc(CNCc2ncoc2C(=O)O)c(OC)c1. The summed E-state index contributed by atoms with van der Waals surface area (Å²) < 4.78 is 15.2. The van der Waals surface area contributed by atoms with Crippen LogP contribution >= 0.6 is 0 Å². The fourth-order valence-electron chi connectivity index (χ4n) is 1.88. The Hall–Kier alpha value is -2.54. The van der Waals surface area contributed by atoms with Gasteiger partial charge in [0.25, 0.3) is 0 Å². The van der Waals surface area contributed by atoms with Crippen molar-refractivity contribution in [2.75, 3.05) is 14.2 Å². The molecule has 0 saturated carbocycles. The van der Waals surface area contributed by atoms with Gasteiger partial charge in [0.15, 0.2) is 6.39 Å². The third-order valence-corrected chi connectivity index (χ3v) is 2.94. The highest BCUT2D eigenvalue weighted by Crippen LogP contribution is 2.24. The number of aromatic carboxylic acids is 1. The van der Waals surface area contributed by atoms with E-state index in [0.717, 1.165) is 12.0 Å². The van der Waals surface area contributed by atoms with Gasteiger partial charge in [-0.05, 0) is 6.07 Å². The summed E-state index contributed by atoms with van der Waals surface area (Å²) in [4.78, 5) is 14.8. The van der Waals surface area contributed by atoms with E-state index in [-0.39, 0.29) is 12.3 Å². The molecule has 0 aliphatic carbocycles. The second-order valence-electron chi connectivity index (χ2n) is 4.21. The zero-order chi connectivity index (χ0) is 15.2. The minimum atomic E-state index is -1.13. The van der Waals surface area contributed by atoms with Gasteiger partial charge in [-0.2, -0.15) is 0 Å². The molecule has 0 bridgehead atoms. The van der Waals surface area contributed by atoms with Crippen LogP contribution in [0.1, 0.15) is 21.8 Å². The van der Waals surface area contributed by atoms with Crippen molar-refractivity contribution in [2.45, 2.75) is 13.1 Å². The summed E-state index contributed by atoms with van der Waals surface area (Å²) >= 11 is 0. The van der Waals surface area contributed by atoms with Crippen LogP contribution in [-0.2, 0) is 13.1 Å². The Morgan fingerprint density at radius 3 is 2.81 bits per heavy atom. The molecule has 0 atom stereocenters. The highest BCUT2D eigenvalue weighted by Gasteiger charge is 2.15. The monoisotopic (exact) mass is 292 g/mol. The van der Waals surface area contributed by atoms with E-state index in [1.807, 2.05) is 12.1 Å². The smallest absolute Gasteiger partial charge is 0.373 e. The predicted molar refractivity (Wildman–Crippen MR) is 73.6 cm³/mol. The fraction of sp³-hybridized carbons (Fsp3) is 0.286. The number of benzene rings is 1. The van der Waals surface area contributed by atoms with Crippen LogP contribution < -0.4 is 14.8 Å². The Morgan fingerprint density at radius 2 is 2.14 bits per heavy atom. The first kappa shape index (κ1) is 14.9. The zero-order valence-electron chi connectivity index (χ0n) is 11.8. The van der Waals surface area contributed by atoms with E-state index in [1.165, 1.54) is 0 Å². The van der Waals surface area contributed by atoms with Crippen molar-refractivity contribution in [2.24, 2.45) is 0 Å². The van der Waals surface area contributed by atoms with Crippen LogP contribution in [0.3, 0.4) is 0 Å². The summed E-state index contributed by atoms with van der Waals surface area (Å²) in [7, 11) is 3.17. The first-order valence-corrected chi connectivity index (χ1v) is 6.23. The largest absolute Gasteiger partial charge is 0.497 e. The first-order valence-electron chi connectivity index (χ1n) is 6.23. The maximum Gasteiger partial charge on any atom is 0.373 e. The average Bonchev–Trinajstić information content (AvgIpc) is 2.96. The van der Waals surface area contributed by atoms with Crippen molar-refractivity contribution < 1.29 is 23.8 Å². The van der Waals surface area contributed by atoms with Gasteiger partial charge in [-0.1, -0.05) is 6.07 Å². The van der Waals surface area contributed by atoms with Crippen molar-refractivity contribution in [3.8, 4) is 11.5 Å². The molecule has 21 heavy (non-hydrogen) atoms. The van der Waals surface area contributed by atoms with Gasteiger partial charge in [0.05, 0.1) is 14.2 Å². The molecule has 2 rings (SSSR count). The number of oxazole rings is 1. The summed E-state index contributed by atoms with van der Waals surface area (Å²) in [6.45, 7) is 0.784. The Morgan fingerprint density at radius 1 is 1.33 bits per heavy atom. The summed E-state index contributed by atoms with van der Waals surface area (Å²) in [5, 5.41) is 12.0. The molecule has 1 aromatic heterocycles. The molecule has 2 aromatic rings. The summed E-state index contributed by atoms with van der Waals surface area (Å²) in [5.74, 6) is 0.122. The van der Waals surface area contributed by atoms with Gasteiger partial charge in [0.2, 0.25) is 5.76 Å². The van der Waals surface area contributed by atoms with Crippen LogP contribution in [0.15, 0.2) is 29.0 Å². The van der Waals surface area contributed by atoms with E-state index < -0.39 is 5.97 Å². The second-order valence-corrected chi connectivity index (χ2v) is 4.21. The molecule has 0 aliphatic heterocycles. The van der Waals surface area contributed by atoms with Crippen molar-refractivity contribution in [3.63, 3.8) is 0 Å². The average molecular weight is 292 g/mol. The number of carboxylic acid groups (broad SMARTS) is 1. The summed E-state index contributed by atoms with van der Waals surface area (Å²) in [6, 6.07) is 5.50. The van der Waals surface area contributed by atoms with E-state index >= 15 is 0 Å². The molecule has 0 amide bonds. The number of hydrogen-bond donors (Lipinski definition) is 2. The molecule has 0 radical (unpaired) electrons. The van der Waals surface area contributed by atoms with Gasteiger partial charge >= 0.3 is 5.97 Å². The number of nitrogens with zero attached hydrogens (tertiary/aromatic N) is 1. The third kappa shape index (κ3) is 3.51. The maximum atomic E-state index is 10.9. The minimum absolute atomic E-state index is 0.149. The number of carbonyl (C=O) groups is 1. The highest BCUT2D eigenvalue weighted by atomic mass is 16.5. The third-order valence-electron chi connectivity index (χ3n) is 2.94. The van der Waals surface area contributed by atoms with E-state index in [2.05, 4.69) is 10.3 Å². The molecule has 0 unspecified atom stereocenters. The molecular formula is C14H16N2O5. The lowest BCUT2D eigenvalue weighted by Gasteiger charge is -2.10. The van der Waals surface area contributed by atoms with Crippen LogP contribution in [-0.4, -0.2) is 30.3 Å². The molecule has 0 spiro atoms. The minimum Gasteiger partial charge on any atom is -0.497 e. The lowest BCUT2D eigenvalue weighted by molar-refractivity contribution is 0.0660. The van der Waals surface area contributed by atoms with Gasteiger partial charge < -0.3 is 24.3 Å². The lowest BCUT2D eigenvalue weighted by atomic mass is 10.2. The Kier molecular flexibility index (Phi) is 4.78. The molecule has 7 nitrogen and oxygen atoms in total. The second kappa shape index (κ2) is 6.76. The molecule has 0 saturated heterocycles. The van der Waals surface area contributed by atoms with Crippen molar-refractivity contribution in [3.05, 3.63) is 41.6 Å². The molecule has 7 heteroatoms. The highest BCUT2D eigenvalue weighted by molar-refractivity contribution is 5.85. The quantitative estimate of drug-likeness (QED) is 0.801. The number of carboxylic acids is 1. The first-order chi connectivity index (χ1) is 10.2. The van der Waals surface area contributed by atoms with E-state index in [1.54, 1.807) is 20.3 Å². The number of rotatable bonds is 7. The van der Waals surface area contributed by atoms with Gasteiger partial charge in [0.1, 0.15) is 17.2 Å². The van der Waals surface area contributed by atoms with Gasteiger partial charge in [-0.25, -0.2) is 9.78 Å². The van der Waals surface area contributed by atoms with Crippen LogP contribution in [0.25, 0.3) is 0 Å². The molecule has 0 aliphatic rings. The Labute approximate surface area is 121 Å². The number of methoxy groups -OCH3 is 2. The molecular weight excluding hydrogens is 276 g/mol. The standard InChI is InChI=1S/C14H16N2O5/c1-19-10-4-3-9(12(5-10)20-2)6-15-7-11-13(14(17)18)21-8-16-11/h3-5,8,15H,6-7H2,1-2H3,(H,17,18). The van der Waals surface area contributed by atoms with Crippen LogP contribution in [0.4, 0.5) is 0 Å². The number of hydrogen-bond acceptors (Lipinski definition) is 6. The number of aromatic nitrogens is 1. The molecule has 0 fully saturated rings. The Bertz CT molecular complexity index is 624. The van der Waals surface area contributed by atoms with E-state index in [4.69, 9.17) is 19.0 Å². The van der Waals surface area contributed by atoms with Crippen LogP contribution in [0, 0.1) is 0 Å². The predicted octanol–water partition coefficient (Wildman–Crippen LogP) is 1.68. The molecule has 112 valence electrons. The van der Waals surface area contributed by atoms with Crippen molar-refractivity contribution in [1.29, 1.82) is 0 Å². The lowest BCUT2D eigenvalue weighted by Crippen LogP contribution is -2.15. The van der Waals surface area contributed by atoms with Gasteiger partial charge in [-0.15, -0.1) is 0 Å². The van der Waals surface area contributed by atoms with Crippen LogP contribution in [0.5, 0.6) is 11.5 Å². The fourth-order valence-corrected chi connectivity index (χ4v) is 1.88. The normalized spacial score (nSPS) is 10.4. The van der Waals surface area contributed by atoms with E-state index in [0.29, 0.717) is 23.7 Å². The topological polar surface area (TPSA) is 93.8 Å².